The van der Waals surface area contributed by atoms with Gasteiger partial charge in [0.15, 0.2) is 0 Å². The summed E-state index contributed by atoms with van der Waals surface area (Å²) in [5, 5.41) is 21.0. The van der Waals surface area contributed by atoms with Crippen molar-refractivity contribution in [1.29, 1.82) is 0 Å². The van der Waals surface area contributed by atoms with Gasteiger partial charge in [0.1, 0.15) is 11.5 Å². The quantitative estimate of drug-likeness (QED) is 0.284. The van der Waals surface area contributed by atoms with Crippen molar-refractivity contribution in [2.45, 2.75) is 73.6 Å². The van der Waals surface area contributed by atoms with Crippen molar-refractivity contribution in [3.05, 3.63) is 57.6 Å². The number of aryl methyl sites for hydroxylation is 2. The summed E-state index contributed by atoms with van der Waals surface area (Å²) in [6.07, 6.45) is 7.98. The number of aliphatic imine (C=N–C) groups is 2. The highest BCUT2D eigenvalue weighted by atomic mass is 16.3. The molecular weight excluding hydrogens is 408 g/mol. The summed E-state index contributed by atoms with van der Waals surface area (Å²) >= 11 is 0. The van der Waals surface area contributed by atoms with Crippen LogP contribution in [0.25, 0.3) is 0 Å². The van der Waals surface area contributed by atoms with Crippen LogP contribution in [0.15, 0.2) is 34.3 Å². The molecule has 0 saturated heterocycles. The number of hydrogen-bond donors (Lipinski definition) is 2. The minimum absolute atomic E-state index is 0.343. The van der Waals surface area contributed by atoms with E-state index in [0.29, 0.717) is 36.4 Å². The second kappa shape index (κ2) is 13.2. The van der Waals surface area contributed by atoms with Gasteiger partial charge >= 0.3 is 0 Å². The molecule has 0 bridgehead atoms. The fourth-order valence-electron chi connectivity index (χ4n) is 4.07. The van der Waals surface area contributed by atoms with Crippen LogP contribution in [0.4, 0.5) is 0 Å². The third kappa shape index (κ3) is 8.34. The van der Waals surface area contributed by atoms with Crippen LogP contribution < -0.4 is 0 Å². The minimum Gasteiger partial charge on any atom is -0.507 e. The minimum atomic E-state index is 0.343. The Balaban J connectivity index is 1.98. The SMILES string of the molecule is CCc1cc(CC(C)C)cc(C=NCCCN=Cc2cc(CC(C)C)cc(CC)c2O)c1O. The first-order chi connectivity index (χ1) is 15.7. The average Bonchev–Trinajstić information content (AvgIpc) is 2.75. The van der Waals surface area contributed by atoms with E-state index < -0.39 is 0 Å². The van der Waals surface area contributed by atoms with Crippen molar-refractivity contribution >= 4 is 12.4 Å². The van der Waals surface area contributed by atoms with Crippen molar-refractivity contribution < 1.29 is 10.2 Å². The van der Waals surface area contributed by atoms with E-state index in [1.54, 1.807) is 12.4 Å². The summed E-state index contributed by atoms with van der Waals surface area (Å²) in [4.78, 5) is 9.05. The van der Waals surface area contributed by atoms with Gasteiger partial charge in [-0.3, -0.25) is 9.98 Å². The zero-order valence-corrected chi connectivity index (χ0v) is 21.4. The molecule has 0 radical (unpaired) electrons. The van der Waals surface area contributed by atoms with Crippen LogP contribution in [0.1, 0.15) is 81.3 Å². The summed E-state index contributed by atoms with van der Waals surface area (Å²) in [5.41, 5.74) is 6.04. The standard InChI is InChI=1S/C29H42N2O2/c1-7-24-14-22(12-20(3)4)16-26(28(24)32)18-30-10-9-11-31-19-27-17-23(13-21(5)6)15-25(8-2)29(27)33/h14-21,32-33H,7-13H2,1-6H3. The zero-order chi connectivity index (χ0) is 24.4. The molecule has 0 saturated carbocycles. The largest absolute Gasteiger partial charge is 0.507 e. The van der Waals surface area contributed by atoms with Crippen LogP contribution in [0, 0.1) is 11.8 Å². The number of rotatable bonds is 12. The summed E-state index contributed by atoms with van der Waals surface area (Å²) in [6, 6.07) is 8.32. The number of aromatic hydroxyl groups is 2. The topological polar surface area (TPSA) is 65.2 Å². The molecule has 0 aliphatic heterocycles. The van der Waals surface area contributed by atoms with Crippen LogP contribution in [0.2, 0.25) is 0 Å². The molecule has 0 unspecified atom stereocenters. The van der Waals surface area contributed by atoms with Crippen LogP contribution >= 0.6 is 0 Å². The van der Waals surface area contributed by atoms with E-state index in [2.05, 4.69) is 63.7 Å². The van der Waals surface area contributed by atoms with Gasteiger partial charge in [0.05, 0.1) is 0 Å². The van der Waals surface area contributed by atoms with E-state index in [1.807, 2.05) is 12.1 Å². The number of phenols is 2. The average molecular weight is 451 g/mol. The third-order valence-corrected chi connectivity index (χ3v) is 5.64. The fourth-order valence-corrected chi connectivity index (χ4v) is 4.07. The van der Waals surface area contributed by atoms with Crippen LogP contribution in [-0.4, -0.2) is 35.7 Å². The van der Waals surface area contributed by atoms with E-state index in [-0.39, 0.29) is 0 Å². The molecule has 4 nitrogen and oxygen atoms in total. The number of nitrogens with zero attached hydrogens (tertiary/aromatic N) is 2. The van der Waals surface area contributed by atoms with E-state index in [9.17, 15) is 10.2 Å². The Morgan fingerprint density at radius 1 is 0.697 bits per heavy atom. The Hall–Kier alpha value is -2.62. The molecule has 2 rings (SSSR count). The molecule has 0 aliphatic carbocycles. The molecule has 0 amide bonds. The lowest BCUT2D eigenvalue weighted by Crippen LogP contribution is -1.99. The summed E-state index contributed by atoms with van der Waals surface area (Å²) < 4.78 is 0. The Morgan fingerprint density at radius 3 is 1.42 bits per heavy atom. The summed E-state index contributed by atoms with van der Waals surface area (Å²) in [7, 11) is 0. The second-order valence-corrected chi connectivity index (χ2v) is 9.71. The molecule has 33 heavy (non-hydrogen) atoms. The molecule has 0 aliphatic rings. The monoisotopic (exact) mass is 450 g/mol. The molecule has 2 aromatic carbocycles. The fraction of sp³-hybridized carbons (Fsp3) is 0.517. The smallest absolute Gasteiger partial charge is 0.127 e. The van der Waals surface area contributed by atoms with Gasteiger partial charge in [-0.15, -0.1) is 0 Å². The number of phenolic OH excluding ortho intramolecular Hbond substituents is 2. The van der Waals surface area contributed by atoms with E-state index >= 15 is 0 Å². The van der Waals surface area contributed by atoms with Crippen molar-refractivity contribution in [3.63, 3.8) is 0 Å². The van der Waals surface area contributed by atoms with E-state index in [0.717, 1.165) is 54.4 Å². The van der Waals surface area contributed by atoms with Gasteiger partial charge in [0.2, 0.25) is 0 Å². The predicted molar refractivity (Wildman–Crippen MR) is 142 cm³/mol. The highest BCUT2D eigenvalue weighted by Gasteiger charge is 2.10. The lowest BCUT2D eigenvalue weighted by molar-refractivity contribution is 0.467. The first-order valence-electron chi connectivity index (χ1n) is 12.4. The van der Waals surface area contributed by atoms with E-state index in [1.165, 1.54) is 11.1 Å². The zero-order valence-electron chi connectivity index (χ0n) is 21.4. The van der Waals surface area contributed by atoms with Crippen LogP contribution in [0.5, 0.6) is 11.5 Å². The van der Waals surface area contributed by atoms with Gasteiger partial charge in [-0.05, 0) is 78.3 Å². The predicted octanol–water partition coefficient (Wildman–Crippen LogP) is 6.55. The molecule has 2 N–H and O–H groups in total. The van der Waals surface area contributed by atoms with Gasteiger partial charge < -0.3 is 10.2 Å². The normalized spacial score (nSPS) is 12.1. The Labute approximate surface area is 200 Å². The first-order valence-corrected chi connectivity index (χ1v) is 12.4. The molecule has 4 heteroatoms. The molecule has 0 heterocycles. The molecule has 2 aromatic rings. The van der Waals surface area contributed by atoms with Crippen LogP contribution in [0.3, 0.4) is 0 Å². The van der Waals surface area contributed by atoms with Gasteiger partial charge in [-0.25, -0.2) is 0 Å². The highest BCUT2D eigenvalue weighted by Crippen LogP contribution is 2.26. The Bertz CT molecular complexity index is 881. The maximum atomic E-state index is 10.5. The van der Waals surface area contributed by atoms with Crippen molar-refractivity contribution in [2.75, 3.05) is 13.1 Å². The molecule has 0 spiro atoms. The van der Waals surface area contributed by atoms with Crippen molar-refractivity contribution in [2.24, 2.45) is 21.8 Å². The molecule has 180 valence electrons. The Morgan fingerprint density at radius 2 is 1.09 bits per heavy atom. The highest BCUT2D eigenvalue weighted by molar-refractivity contribution is 5.85. The van der Waals surface area contributed by atoms with Gasteiger partial charge in [0, 0.05) is 36.6 Å². The van der Waals surface area contributed by atoms with Gasteiger partial charge in [-0.1, -0.05) is 53.7 Å². The number of hydrogen-bond acceptors (Lipinski definition) is 4. The molecule has 0 atom stereocenters. The van der Waals surface area contributed by atoms with Gasteiger partial charge in [-0.2, -0.15) is 0 Å². The molecule has 0 fully saturated rings. The number of benzene rings is 2. The maximum Gasteiger partial charge on any atom is 0.127 e. The first kappa shape index (κ1) is 26.6. The third-order valence-electron chi connectivity index (χ3n) is 5.64. The summed E-state index contributed by atoms with van der Waals surface area (Å²) in [5.74, 6) is 1.83. The Kier molecular flexibility index (Phi) is 10.6. The van der Waals surface area contributed by atoms with Crippen LogP contribution in [-0.2, 0) is 25.7 Å². The second-order valence-electron chi connectivity index (χ2n) is 9.71. The molecule has 0 aromatic heterocycles. The van der Waals surface area contributed by atoms with Gasteiger partial charge in [0.25, 0.3) is 0 Å². The molecular formula is C29H42N2O2. The van der Waals surface area contributed by atoms with E-state index in [4.69, 9.17) is 0 Å². The lowest BCUT2D eigenvalue weighted by Gasteiger charge is -2.11. The summed E-state index contributed by atoms with van der Waals surface area (Å²) in [6.45, 7) is 14.2. The maximum absolute atomic E-state index is 10.5. The van der Waals surface area contributed by atoms with Crippen molar-refractivity contribution in [3.8, 4) is 11.5 Å². The lowest BCUT2D eigenvalue weighted by atomic mass is 9.96. The van der Waals surface area contributed by atoms with Crippen molar-refractivity contribution in [1.82, 2.24) is 0 Å².